The van der Waals surface area contributed by atoms with Crippen molar-refractivity contribution < 1.29 is 19.0 Å². The van der Waals surface area contributed by atoms with Gasteiger partial charge in [0.05, 0.1) is 25.4 Å². The van der Waals surface area contributed by atoms with Crippen LogP contribution < -0.4 is 9.47 Å². The lowest BCUT2D eigenvalue weighted by Gasteiger charge is -2.38. The number of hydrogen-bond donors (Lipinski definition) is 0. The van der Waals surface area contributed by atoms with E-state index in [0.29, 0.717) is 44.2 Å². The fraction of sp³-hybridized carbons (Fsp3) is 0.533. The van der Waals surface area contributed by atoms with E-state index in [1.165, 1.54) is 0 Å². The Kier molecular flexibility index (Phi) is 3.40. The van der Waals surface area contributed by atoms with Gasteiger partial charge in [-0.05, 0) is 26.0 Å². The predicted octanol–water partition coefficient (Wildman–Crippen LogP) is 1.71. The normalized spacial score (nSPS) is 26.2. The van der Waals surface area contributed by atoms with Gasteiger partial charge < -0.3 is 14.2 Å². The van der Waals surface area contributed by atoms with Crippen LogP contribution in [-0.2, 0) is 4.74 Å². The van der Waals surface area contributed by atoms with Gasteiger partial charge in [0.2, 0.25) is 11.5 Å². The van der Waals surface area contributed by atoms with E-state index in [0.717, 1.165) is 5.75 Å². The number of ketones is 1. The van der Waals surface area contributed by atoms with Crippen molar-refractivity contribution in [2.75, 3.05) is 32.9 Å². The first kappa shape index (κ1) is 13.4. The molecule has 5 nitrogen and oxygen atoms in total. The number of carbonyl (C=O) groups is 1. The number of fused-ring (bicyclic) bond motifs is 1. The van der Waals surface area contributed by atoms with Gasteiger partial charge in [-0.15, -0.1) is 0 Å². The van der Waals surface area contributed by atoms with Crippen molar-refractivity contribution >= 4 is 5.78 Å². The van der Waals surface area contributed by atoms with Crippen molar-refractivity contribution in [1.29, 1.82) is 0 Å². The molecule has 0 saturated carbocycles. The molecule has 0 aromatic heterocycles. The molecule has 1 atom stereocenters. The highest BCUT2D eigenvalue weighted by Gasteiger charge is 2.48. The topological polar surface area (TPSA) is 48.0 Å². The Morgan fingerprint density at radius 1 is 1.35 bits per heavy atom. The van der Waals surface area contributed by atoms with E-state index in [2.05, 4.69) is 0 Å². The van der Waals surface area contributed by atoms with Crippen LogP contribution in [0.25, 0.3) is 0 Å². The van der Waals surface area contributed by atoms with Crippen LogP contribution in [-0.4, -0.2) is 49.3 Å². The maximum absolute atomic E-state index is 12.6. The first-order valence-corrected chi connectivity index (χ1v) is 6.98. The van der Waals surface area contributed by atoms with Crippen molar-refractivity contribution in [1.82, 2.24) is 4.90 Å². The van der Waals surface area contributed by atoms with Crippen LogP contribution >= 0.6 is 0 Å². The number of carbonyl (C=O) groups excluding carboxylic acids is 1. The van der Waals surface area contributed by atoms with Gasteiger partial charge in [0.1, 0.15) is 11.5 Å². The molecular weight excluding hydrogens is 258 g/mol. The SMILES string of the molecule is CCOc1ccc2c(c1)OC(C)(N1CCOCC1)C2=O. The number of morpholine rings is 1. The van der Waals surface area contributed by atoms with Crippen molar-refractivity contribution in [2.24, 2.45) is 0 Å². The lowest BCUT2D eigenvalue weighted by molar-refractivity contribution is -0.0797. The lowest BCUT2D eigenvalue weighted by Crippen LogP contribution is -2.57. The summed E-state index contributed by atoms with van der Waals surface area (Å²) in [6, 6.07) is 5.39. The second-order valence-corrected chi connectivity index (χ2v) is 5.10. The number of ether oxygens (including phenoxy) is 3. The maximum Gasteiger partial charge on any atom is 0.225 e. The third-order valence-electron chi connectivity index (χ3n) is 3.85. The van der Waals surface area contributed by atoms with Gasteiger partial charge in [-0.2, -0.15) is 0 Å². The third-order valence-corrected chi connectivity index (χ3v) is 3.85. The highest BCUT2D eigenvalue weighted by Crippen LogP contribution is 2.39. The maximum atomic E-state index is 12.6. The highest BCUT2D eigenvalue weighted by atomic mass is 16.5. The van der Waals surface area contributed by atoms with E-state index < -0.39 is 5.72 Å². The minimum Gasteiger partial charge on any atom is -0.494 e. The molecule has 0 spiro atoms. The molecule has 0 N–H and O–H groups in total. The summed E-state index contributed by atoms with van der Waals surface area (Å²) in [6.07, 6.45) is 0. The predicted molar refractivity (Wildman–Crippen MR) is 73.4 cm³/mol. The molecule has 3 rings (SSSR count). The average Bonchev–Trinajstić information content (AvgIpc) is 2.73. The molecule has 1 saturated heterocycles. The molecule has 0 amide bonds. The summed E-state index contributed by atoms with van der Waals surface area (Å²) in [5.41, 5.74) is -0.292. The van der Waals surface area contributed by atoms with Gasteiger partial charge in [-0.3, -0.25) is 9.69 Å². The standard InChI is InChI=1S/C15H19NO4/c1-3-19-11-4-5-12-13(10-11)20-15(2,14(12)17)16-6-8-18-9-7-16/h4-5,10H,3,6-9H2,1-2H3. The van der Waals surface area contributed by atoms with Gasteiger partial charge in [0, 0.05) is 19.2 Å². The van der Waals surface area contributed by atoms with E-state index in [4.69, 9.17) is 14.2 Å². The first-order chi connectivity index (χ1) is 9.65. The number of rotatable bonds is 3. The Bertz CT molecular complexity index is 525. The van der Waals surface area contributed by atoms with Crippen molar-refractivity contribution in [3.8, 4) is 11.5 Å². The molecule has 1 aromatic rings. The van der Waals surface area contributed by atoms with E-state index in [9.17, 15) is 4.79 Å². The van der Waals surface area contributed by atoms with Crippen LogP contribution in [0.4, 0.5) is 0 Å². The van der Waals surface area contributed by atoms with E-state index in [-0.39, 0.29) is 5.78 Å². The Morgan fingerprint density at radius 3 is 2.80 bits per heavy atom. The molecule has 1 aromatic carbocycles. The number of Topliss-reactive ketones (excluding diaryl/α,β-unsaturated/α-hetero) is 1. The Balaban J connectivity index is 1.88. The monoisotopic (exact) mass is 277 g/mol. The fourth-order valence-electron chi connectivity index (χ4n) is 2.74. The van der Waals surface area contributed by atoms with Gasteiger partial charge >= 0.3 is 0 Å². The van der Waals surface area contributed by atoms with Crippen LogP contribution in [0.15, 0.2) is 18.2 Å². The number of benzene rings is 1. The molecule has 2 aliphatic heterocycles. The molecule has 0 radical (unpaired) electrons. The Morgan fingerprint density at radius 2 is 2.10 bits per heavy atom. The minimum absolute atomic E-state index is 0.0115. The molecule has 1 fully saturated rings. The summed E-state index contributed by atoms with van der Waals surface area (Å²) < 4.78 is 16.8. The molecule has 5 heteroatoms. The van der Waals surface area contributed by atoms with Crippen LogP contribution in [0.2, 0.25) is 0 Å². The fourth-order valence-corrected chi connectivity index (χ4v) is 2.74. The second kappa shape index (κ2) is 5.07. The van der Waals surface area contributed by atoms with Gasteiger partial charge in [-0.25, -0.2) is 0 Å². The lowest BCUT2D eigenvalue weighted by atomic mass is 10.0. The summed E-state index contributed by atoms with van der Waals surface area (Å²) >= 11 is 0. The zero-order valence-corrected chi connectivity index (χ0v) is 11.8. The zero-order chi connectivity index (χ0) is 14.2. The highest BCUT2D eigenvalue weighted by molar-refractivity contribution is 6.07. The molecule has 1 unspecified atom stereocenters. The first-order valence-electron chi connectivity index (χ1n) is 6.98. The second-order valence-electron chi connectivity index (χ2n) is 5.10. The van der Waals surface area contributed by atoms with Crippen LogP contribution in [0, 0.1) is 0 Å². The van der Waals surface area contributed by atoms with Crippen LogP contribution in [0.5, 0.6) is 11.5 Å². The van der Waals surface area contributed by atoms with E-state index in [1.54, 1.807) is 12.1 Å². The smallest absolute Gasteiger partial charge is 0.225 e. The summed E-state index contributed by atoms with van der Waals surface area (Å²) in [7, 11) is 0. The largest absolute Gasteiger partial charge is 0.494 e. The van der Waals surface area contributed by atoms with Gasteiger partial charge in [0.15, 0.2) is 0 Å². The van der Waals surface area contributed by atoms with Crippen LogP contribution in [0.1, 0.15) is 24.2 Å². The molecule has 0 bridgehead atoms. The Hall–Kier alpha value is -1.59. The van der Waals surface area contributed by atoms with Crippen molar-refractivity contribution in [3.63, 3.8) is 0 Å². The van der Waals surface area contributed by atoms with E-state index >= 15 is 0 Å². The molecule has 2 heterocycles. The minimum atomic E-state index is -0.920. The third kappa shape index (κ3) is 2.07. The molecule has 108 valence electrons. The quantitative estimate of drug-likeness (QED) is 0.841. The average molecular weight is 277 g/mol. The summed E-state index contributed by atoms with van der Waals surface area (Å²) in [6.45, 7) is 7.02. The molecular formula is C15H19NO4. The molecule has 20 heavy (non-hydrogen) atoms. The summed E-state index contributed by atoms with van der Waals surface area (Å²) in [4.78, 5) is 14.7. The summed E-state index contributed by atoms with van der Waals surface area (Å²) in [5, 5.41) is 0. The van der Waals surface area contributed by atoms with Crippen molar-refractivity contribution in [2.45, 2.75) is 19.6 Å². The number of hydrogen-bond acceptors (Lipinski definition) is 5. The molecule has 0 aliphatic carbocycles. The van der Waals surface area contributed by atoms with E-state index in [1.807, 2.05) is 24.8 Å². The van der Waals surface area contributed by atoms with Gasteiger partial charge in [-0.1, -0.05) is 0 Å². The van der Waals surface area contributed by atoms with Crippen molar-refractivity contribution in [3.05, 3.63) is 23.8 Å². The summed E-state index contributed by atoms with van der Waals surface area (Å²) in [5.74, 6) is 1.35. The number of nitrogens with zero attached hydrogens (tertiary/aromatic N) is 1. The van der Waals surface area contributed by atoms with Gasteiger partial charge in [0.25, 0.3) is 0 Å². The molecule has 2 aliphatic rings. The van der Waals surface area contributed by atoms with Crippen LogP contribution in [0.3, 0.4) is 0 Å². The zero-order valence-electron chi connectivity index (χ0n) is 11.8. The Labute approximate surface area is 118 Å².